The third kappa shape index (κ3) is 3.09. The van der Waals surface area contributed by atoms with Gasteiger partial charge in [0.1, 0.15) is 0 Å². The van der Waals surface area contributed by atoms with Crippen molar-refractivity contribution in [3.63, 3.8) is 0 Å². The number of hydrogen-bond donors (Lipinski definition) is 0. The molecule has 0 saturated heterocycles. The molecule has 1 saturated carbocycles. The second-order valence-corrected chi connectivity index (χ2v) is 5.31. The minimum atomic E-state index is -0.0767. The van der Waals surface area contributed by atoms with Crippen molar-refractivity contribution >= 4 is 11.7 Å². The third-order valence-corrected chi connectivity index (χ3v) is 4.17. The van der Waals surface area contributed by atoms with Gasteiger partial charge in [-0.1, -0.05) is 31.0 Å². The molecule has 1 fully saturated rings. The van der Waals surface area contributed by atoms with Crippen molar-refractivity contribution in [2.24, 2.45) is 0 Å². The van der Waals surface area contributed by atoms with Crippen molar-refractivity contribution in [3.05, 3.63) is 30.3 Å². The highest BCUT2D eigenvalue weighted by Crippen LogP contribution is 2.40. The number of carbonyl (C=O) groups excluding carboxylic acids is 1. The van der Waals surface area contributed by atoms with Gasteiger partial charge < -0.3 is 9.64 Å². The number of para-hydroxylation sites is 1. The summed E-state index contributed by atoms with van der Waals surface area (Å²) in [6.07, 6.45) is 5.01. The molecule has 0 heterocycles. The first-order valence-electron chi connectivity index (χ1n) is 7.12. The molecule has 0 unspecified atom stereocenters. The molecule has 1 aliphatic rings. The van der Waals surface area contributed by atoms with Crippen LogP contribution in [0.15, 0.2) is 30.3 Å². The average Bonchev–Trinajstić information content (AvgIpc) is 2.89. The average molecular weight is 261 g/mol. The van der Waals surface area contributed by atoms with Crippen molar-refractivity contribution in [1.29, 1.82) is 0 Å². The Labute approximate surface area is 115 Å². The Morgan fingerprint density at radius 2 is 1.89 bits per heavy atom. The minimum absolute atomic E-state index is 0.0619. The number of carbonyl (C=O) groups is 1. The van der Waals surface area contributed by atoms with E-state index in [1.807, 2.05) is 25.1 Å². The maximum absolute atomic E-state index is 11.9. The molecule has 19 heavy (non-hydrogen) atoms. The molecule has 0 aromatic heterocycles. The molecule has 0 radical (unpaired) electrons. The Morgan fingerprint density at radius 3 is 2.47 bits per heavy atom. The molecule has 0 aliphatic heterocycles. The Bertz CT molecular complexity index is 410. The highest BCUT2D eigenvalue weighted by atomic mass is 16.5. The molecule has 1 aliphatic carbocycles. The predicted octanol–water partition coefficient (Wildman–Crippen LogP) is 3.39. The van der Waals surface area contributed by atoms with Crippen LogP contribution in [0.25, 0.3) is 0 Å². The van der Waals surface area contributed by atoms with Crippen LogP contribution in [0.5, 0.6) is 0 Å². The summed E-state index contributed by atoms with van der Waals surface area (Å²) in [7, 11) is 2.10. The molecule has 1 aromatic carbocycles. The van der Waals surface area contributed by atoms with Crippen LogP contribution in [0.2, 0.25) is 0 Å². The number of esters is 1. The molecule has 0 spiro atoms. The quantitative estimate of drug-likeness (QED) is 0.761. The highest BCUT2D eigenvalue weighted by Gasteiger charge is 2.40. The summed E-state index contributed by atoms with van der Waals surface area (Å²) < 4.78 is 5.15. The Balaban J connectivity index is 2.17. The number of ether oxygens (including phenoxy) is 1. The molecule has 104 valence electrons. The normalized spacial score (nSPS) is 17.2. The minimum Gasteiger partial charge on any atom is -0.466 e. The van der Waals surface area contributed by atoms with Crippen LogP contribution in [0, 0.1) is 0 Å². The zero-order chi connectivity index (χ0) is 13.7. The van der Waals surface area contributed by atoms with Gasteiger partial charge in [0.2, 0.25) is 0 Å². The standard InChI is InChI=1S/C16H23NO2/c1-3-19-15(18)13-16(11-7-8-12-16)17(2)14-9-5-4-6-10-14/h4-6,9-10H,3,7-8,11-13H2,1-2H3. The van der Waals surface area contributed by atoms with Gasteiger partial charge in [0.15, 0.2) is 0 Å². The lowest BCUT2D eigenvalue weighted by Crippen LogP contribution is -2.46. The van der Waals surface area contributed by atoms with E-state index in [4.69, 9.17) is 4.74 Å². The van der Waals surface area contributed by atoms with Gasteiger partial charge in [-0.3, -0.25) is 4.79 Å². The zero-order valence-electron chi connectivity index (χ0n) is 11.9. The first-order chi connectivity index (χ1) is 9.18. The summed E-state index contributed by atoms with van der Waals surface area (Å²) in [6, 6.07) is 10.3. The Hall–Kier alpha value is -1.51. The first kappa shape index (κ1) is 13.9. The van der Waals surface area contributed by atoms with Crippen molar-refractivity contribution in [2.45, 2.75) is 44.6 Å². The van der Waals surface area contributed by atoms with E-state index in [1.165, 1.54) is 18.5 Å². The van der Waals surface area contributed by atoms with E-state index in [-0.39, 0.29) is 11.5 Å². The van der Waals surface area contributed by atoms with Crippen LogP contribution < -0.4 is 4.90 Å². The molecule has 0 bridgehead atoms. The number of hydrogen-bond acceptors (Lipinski definition) is 3. The lowest BCUT2D eigenvalue weighted by Gasteiger charge is -2.40. The monoisotopic (exact) mass is 261 g/mol. The fraction of sp³-hybridized carbons (Fsp3) is 0.562. The van der Waals surface area contributed by atoms with Gasteiger partial charge in [-0.25, -0.2) is 0 Å². The van der Waals surface area contributed by atoms with Crippen LogP contribution in [0.3, 0.4) is 0 Å². The van der Waals surface area contributed by atoms with Gasteiger partial charge >= 0.3 is 5.97 Å². The summed E-state index contributed by atoms with van der Waals surface area (Å²) in [5.74, 6) is -0.0767. The van der Waals surface area contributed by atoms with E-state index in [0.29, 0.717) is 13.0 Å². The van der Waals surface area contributed by atoms with Gasteiger partial charge in [0.05, 0.1) is 18.6 Å². The number of benzene rings is 1. The van der Waals surface area contributed by atoms with E-state index in [9.17, 15) is 4.79 Å². The molecule has 2 rings (SSSR count). The first-order valence-corrected chi connectivity index (χ1v) is 7.12. The SMILES string of the molecule is CCOC(=O)CC1(N(C)c2ccccc2)CCCC1. The molecule has 3 heteroatoms. The fourth-order valence-corrected chi connectivity index (χ4v) is 3.07. The largest absolute Gasteiger partial charge is 0.466 e. The van der Waals surface area contributed by atoms with E-state index < -0.39 is 0 Å². The van der Waals surface area contributed by atoms with Crippen LogP contribution in [-0.2, 0) is 9.53 Å². The topological polar surface area (TPSA) is 29.5 Å². The van der Waals surface area contributed by atoms with Crippen molar-refractivity contribution in [1.82, 2.24) is 0 Å². The van der Waals surface area contributed by atoms with E-state index >= 15 is 0 Å². The molecule has 0 N–H and O–H groups in total. The number of rotatable bonds is 5. The van der Waals surface area contributed by atoms with Crippen molar-refractivity contribution in [3.8, 4) is 0 Å². The van der Waals surface area contributed by atoms with Crippen LogP contribution >= 0.6 is 0 Å². The molecule has 1 aromatic rings. The molecule has 3 nitrogen and oxygen atoms in total. The zero-order valence-corrected chi connectivity index (χ0v) is 11.9. The van der Waals surface area contributed by atoms with Crippen LogP contribution in [0.4, 0.5) is 5.69 Å². The number of anilines is 1. The van der Waals surface area contributed by atoms with Gasteiger partial charge in [-0.05, 0) is 31.9 Å². The maximum Gasteiger partial charge on any atom is 0.308 e. The van der Waals surface area contributed by atoms with Crippen LogP contribution in [-0.4, -0.2) is 25.2 Å². The van der Waals surface area contributed by atoms with Gasteiger partial charge in [-0.2, -0.15) is 0 Å². The summed E-state index contributed by atoms with van der Waals surface area (Å²) in [5.41, 5.74) is 1.11. The highest BCUT2D eigenvalue weighted by molar-refractivity contribution is 5.72. The second kappa shape index (κ2) is 6.09. The molecular formula is C16H23NO2. The van der Waals surface area contributed by atoms with Crippen LogP contribution in [0.1, 0.15) is 39.0 Å². The Kier molecular flexibility index (Phi) is 4.46. The second-order valence-electron chi connectivity index (χ2n) is 5.31. The Morgan fingerprint density at radius 1 is 1.26 bits per heavy atom. The van der Waals surface area contributed by atoms with Crippen molar-refractivity contribution < 1.29 is 9.53 Å². The summed E-state index contributed by atoms with van der Waals surface area (Å²) in [5, 5.41) is 0. The summed E-state index contributed by atoms with van der Waals surface area (Å²) in [6.45, 7) is 2.32. The van der Waals surface area contributed by atoms with E-state index in [1.54, 1.807) is 0 Å². The lowest BCUT2D eigenvalue weighted by atomic mass is 9.90. The molecule has 0 amide bonds. The number of nitrogens with zero attached hydrogens (tertiary/aromatic N) is 1. The van der Waals surface area contributed by atoms with Gasteiger partial charge in [0, 0.05) is 12.7 Å². The molecule has 0 atom stereocenters. The predicted molar refractivity (Wildman–Crippen MR) is 77.3 cm³/mol. The van der Waals surface area contributed by atoms with Gasteiger partial charge in [0.25, 0.3) is 0 Å². The van der Waals surface area contributed by atoms with E-state index in [0.717, 1.165) is 12.8 Å². The van der Waals surface area contributed by atoms with E-state index in [2.05, 4.69) is 24.1 Å². The third-order valence-electron chi connectivity index (χ3n) is 4.17. The summed E-state index contributed by atoms with van der Waals surface area (Å²) in [4.78, 5) is 14.2. The fourth-order valence-electron chi connectivity index (χ4n) is 3.07. The van der Waals surface area contributed by atoms with Gasteiger partial charge in [-0.15, -0.1) is 0 Å². The maximum atomic E-state index is 11.9. The van der Waals surface area contributed by atoms with Crippen molar-refractivity contribution in [2.75, 3.05) is 18.6 Å². The lowest BCUT2D eigenvalue weighted by molar-refractivity contribution is -0.144. The molecular weight excluding hydrogens is 238 g/mol. The smallest absolute Gasteiger partial charge is 0.308 e. The summed E-state index contributed by atoms with van der Waals surface area (Å²) >= 11 is 0.